The fourth-order valence-electron chi connectivity index (χ4n) is 6.82. The zero-order chi connectivity index (χ0) is 45.2. The number of rotatable bonds is 17. The topological polar surface area (TPSA) is 164 Å². The molecule has 1 N–H and O–H groups in total. The summed E-state index contributed by atoms with van der Waals surface area (Å²) in [7, 11) is 3.15. The van der Waals surface area contributed by atoms with Crippen LogP contribution in [-0.2, 0) is 36.6 Å². The van der Waals surface area contributed by atoms with E-state index in [2.05, 4.69) is 11.4 Å². The van der Waals surface area contributed by atoms with Crippen LogP contribution in [0.5, 0.6) is 28.7 Å². The van der Waals surface area contributed by atoms with Crippen LogP contribution in [0, 0.1) is 32.1 Å². The molecule has 5 rings (SSSR count). The number of fused-ring (bicyclic) bond motifs is 1. The highest BCUT2D eigenvalue weighted by molar-refractivity contribution is 5.99. The highest BCUT2D eigenvalue weighted by Gasteiger charge is 2.36. The average molecular weight is 852 g/mol. The Balaban J connectivity index is 1.25. The standard InChI is InChI=1S/C48H57N3O11/c1-11-56-45(53)41(60-36-18-14-34(26-49)15-19-36)24-33-12-16-35(17-13-33)57-27-42(52)50-39-21-20-37(25-40(39)51(9)46(54)62-47(5,6)7)58-28-48(8)23-22-38-32(4)43(59-29-55-10)30(2)31(3)44(38)61-48/h12-21,25,41H,11,22-24,27-29H2,1-10H3,(H,50,52). The number of anilines is 2. The highest BCUT2D eigenvalue weighted by atomic mass is 16.7. The number of esters is 1. The van der Waals surface area contributed by atoms with E-state index in [1.165, 1.54) is 4.90 Å². The van der Waals surface area contributed by atoms with E-state index >= 15 is 0 Å². The zero-order valence-corrected chi connectivity index (χ0v) is 37.3. The van der Waals surface area contributed by atoms with E-state index in [1.54, 1.807) is 109 Å². The Morgan fingerprint density at radius 2 is 1.60 bits per heavy atom. The van der Waals surface area contributed by atoms with Crippen LogP contribution >= 0.6 is 0 Å². The van der Waals surface area contributed by atoms with Gasteiger partial charge in [0.2, 0.25) is 0 Å². The zero-order valence-electron chi connectivity index (χ0n) is 37.3. The number of carbonyl (C=O) groups excluding carboxylic acids is 3. The molecule has 0 aromatic heterocycles. The summed E-state index contributed by atoms with van der Waals surface area (Å²) in [6.07, 6.45) is 0.112. The second kappa shape index (κ2) is 20.4. The molecule has 0 aliphatic carbocycles. The lowest BCUT2D eigenvalue weighted by molar-refractivity contribution is -0.151. The van der Waals surface area contributed by atoms with Crippen LogP contribution in [0.4, 0.5) is 16.2 Å². The van der Waals surface area contributed by atoms with E-state index in [1.807, 2.05) is 27.7 Å². The number of nitriles is 1. The molecule has 14 heteroatoms. The molecule has 62 heavy (non-hydrogen) atoms. The molecule has 14 nitrogen and oxygen atoms in total. The summed E-state index contributed by atoms with van der Waals surface area (Å²) in [5, 5.41) is 12.0. The number of nitrogens with zero attached hydrogens (tertiary/aromatic N) is 2. The normalized spacial score (nSPS) is 14.9. The lowest BCUT2D eigenvalue weighted by atomic mass is 9.87. The van der Waals surface area contributed by atoms with Crippen molar-refractivity contribution in [3.8, 4) is 34.8 Å². The number of amides is 2. The molecule has 0 bridgehead atoms. The summed E-state index contributed by atoms with van der Waals surface area (Å²) in [6.45, 7) is 15.4. The molecule has 0 spiro atoms. The van der Waals surface area contributed by atoms with Gasteiger partial charge in [0.25, 0.3) is 5.91 Å². The first-order valence-electron chi connectivity index (χ1n) is 20.5. The van der Waals surface area contributed by atoms with Crippen LogP contribution in [0.1, 0.15) is 74.4 Å². The highest BCUT2D eigenvalue weighted by Crippen LogP contribution is 2.44. The maximum atomic E-state index is 13.3. The molecule has 1 aliphatic heterocycles. The van der Waals surface area contributed by atoms with E-state index in [9.17, 15) is 14.4 Å². The van der Waals surface area contributed by atoms with Crippen LogP contribution in [0.15, 0.2) is 66.7 Å². The average Bonchev–Trinajstić information content (AvgIpc) is 3.24. The van der Waals surface area contributed by atoms with Crippen molar-refractivity contribution in [3.63, 3.8) is 0 Å². The van der Waals surface area contributed by atoms with Crippen molar-refractivity contribution in [2.75, 3.05) is 51.0 Å². The number of benzene rings is 4. The summed E-state index contributed by atoms with van der Waals surface area (Å²) in [5.74, 6) is 1.95. The molecule has 0 saturated carbocycles. The molecule has 0 radical (unpaired) electrons. The third kappa shape index (κ3) is 12.1. The van der Waals surface area contributed by atoms with Crippen molar-refractivity contribution in [1.82, 2.24) is 0 Å². The van der Waals surface area contributed by atoms with Gasteiger partial charge in [-0.1, -0.05) is 12.1 Å². The van der Waals surface area contributed by atoms with Gasteiger partial charge < -0.3 is 43.2 Å². The number of nitrogens with one attached hydrogen (secondary N) is 1. The molecule has 2 amide bonds. The first kappa shape index (κ1) is 46.6. The summed E-state index contributed by atoms with van der Waals surface area (Å²) in [6, 6.07) is 20.5. The number of ether oxygens (including phenoxy) is 8. The number of carbonyl (C=O) groups is 3. The molecule has 1 heterocycles. The van der Waals surface area contributed by atoms with Crippen LogP contribution in [0.3, 0.4) is 0 Å². The second-order valence-electron chi connectivity index (χ2n) is 16.3. The molecule has 330 valence electrons. The van der Waals surface area contributed by atoms with Crippen molar-refractivity contribution in [2.45, 2.75) is 92.0 Å². The Bertz CT molecular complexity index is 2260. The maximum Gasteiger partial charge on any atom is 0.414 e. The van der Waals surface area contributed by atoms with Gasteiger partial charge in [-0.2, -0.15) is 5.26 Å². The number of methoxy groups -OCH3 is 1. The fourth-order valence-corrected chi connectivity index (χ4v) is 6.82. The SMILES string of the molecule is CCOC(=O)C(Cc1ccc(OCC(=O)Nc2ccc(OCC3(C)CCc4c(C)c(OCOC)c(C)c(C)c4O3)cc2N(C)C(=O)OC(C)(C)C)cc1)Oc1ccc(C#N)cc1. The van der Waals surface area contributed by atoms with E-state index in [0.29, 0.717) is 40.6 Å². The molecular formula is C48H57N3O11. The molecule has 1 aliphatic rings. The van der Waals surface area contributed by atoms with Gasteiger partial charge in [0, 0.05) is 32.2 Å². The first-order valence-corrected chi connectivity index (χ1v) is 20.5. The van der Waals surface area contributed by atoms with Gasteiger partial charge >= 0.3 is 12.1 Å². The van der Waals surface area contributed by atoms with Gasteiger partial charge in [-0.05, 0) is 139 Å². The molecule has 2 unspecified atom stereocenters. The minimum Gasteiger partial charge on any atom is -0.489 e. The smallest absolute Gasteiger partial charge is 0.414 e. The molecular weight excluding hydrogens is 795 g/mol. The van der Waals surface area contributed by atoms with Crippen molar-refractivity contribution in [3.05, 3.63) is 100 Å². The van der Waals surface area contributed by atoms with Crippen LogP contribution < -0.4 is 33.9 Å². The Morgan fingerprint density at radius 3 is 2.24 bits per heavy atom. The lowest BCUT2D eigenvalue weighted by Gasteiger charge is -2.38. The molecule has 0 saturated heterocycles. The monoisotopic (exact) mass is 851 g/mol. The van der Waals surface area contributed by atoms with E-state index in [0.717, 1.165) is 45.7 Å². The van der Waals surface area contributed by atoms with Crippen LogP contribution in [0.2, 0.25) is 0 Å². The second-order valence-corrected chi connectivity index (χ2v) is 16.3. The van der Waals surface area contributed by atoms with E-state index in [4.69, 9.17) is 43.2 Å². The van der Waals surface area contributed by atoms with Gasteiger partial charge in [0.05, 0.1) is 29.6 Å². The third-order valence-electron chi connectivity index (χ3n) is 10.2. The first-order chi connectivity index (χ1) is 29.4. The molecule has 2 atom stereocenters. The predicted molar refractivity (Wildman–Crippen MR) is 234 cm³/mol. The van der Waals surface area contributed by atoms with Gasteiger partial charge in [-0.25, -0.2) is 9.59 Å². The Labute approximate surface area is 363 Å². The summed E-state index contributed by atoms with van der Waals surface area (Å²) in [5.41, 5.74) is 4.62. The van der Waals surface area contributed by atoms with Crippen molar-refractivity contribution >= 4 is 29.3 Å². The molecule has 4 aromatic rings. The Hall–Kier alpha value is -6.46. The van der Waals surface area contributed by atoms with Crippen LogP contribution in [-0.4, -0.2) is 76.0 Å². The predicted octanol–water partition coefficient (Wildman–Crippen LogP) is 8.57. The Morgan fingerprint density at radius 1 is 0.919 bits per heavy atom. The molecule has 4 aromatic carbocycles. The summed E-state index contributed by atoms with van der Waals surface area (Å²) >= 11 is 0. The van der Waals surface area contributed by atoms with Crippen molar-refractivity contribution in [1.29, 1.82) is 5.26 Å². The summed E-state index contributed by atoms with van der Waals surface area (Å²) in [4.78, 5) is 40.7. The quantitative estimate of drug-likeness (QED) is 0.0796. The van der Waals surface area contributed by atoms with E-state index in [-0.39, 0.29) is 33.0 Å². The fraction of sp³-hybridized carbons (Fsp3) is 0.417. The van der Waals surface area contributed by atoms with Crippen molar-refractivity contribution < 1.29 is 52.3 Å². The third-order valence-corrected chi connectivity index (χ3v) is 10.2. The van der Waals surface area contributed by atoms with Gasteiger partial charge in [-0.3, -0.25) is 9.69 Å². The van der Waals surface area contributed by atoms with Crippen molar-refractivity contribution in [2.24, 2.45) is 0 Å². The van der Waals surface area contributed by atoms with Gasteiger partial charge in [0.1, 0.15) is 46.6 Å². The molecule has 0 fully saturated rings. The maximum absolute atomic E-state index is 13.3. The van der Waals surface area contributed by atoms with Crippen LogP contribution in [0.25, 0.3) is 0 Å². The van der Waals surface area contributed by atoms with E-state index < -0.39 is 35.3 Å². The summed E-state index contributed by atoms with van der Waals surface area (Å²) < 4.78 is 46.7. The minimum absolute atomic E-state index is 0.159. The lowest BCUT2D eigenvalue weighted by Crippen LogP contribution is -2.42. The Kier molecular flexibility index (Phi) is 15.3. The van der Waals surface area contributed by atoms with Gasteiger partial charge in [0.15, 0.2) is 19.5 Å². The minimum atomic E-state index is -0.930. The largest absolute Gasteiger partial charge is 0.489 e. The number of hydrogen-bond donors (Lipinski definition) is 1. The van der Waals surface area contributed by atoms with Gasteiger partial charge in [-0.15, -0.1) is 0 Å². The number of hydrogen-bond acceptors (Lipinski definition) is 12.